The van der Waals surface area contributed by atoms with Crippen molar-refractivity contribution in [3.05, 3.63) is 97.1 Å². The Kier molecular flexibility index (Phi) is 10.6. The maximum Gasteiger partial charge on any atom is 0.229 e. The van der Waals surface area contributed by atoms with Crippen molar-refractivity contribution in [2.45, 2.75) is 27.7 Å². The van der Waals surface area contributed by atoms with Crippen molar-refractivity contribution in [3.8, 4) is 23.0 Å². The maximum absolute atomic E-state index is 7.38. The van der Waals surface area contributed by atoms with Crippen molar-refractivity contribution in [1.29, 1.82) is 0 Å². The summed E-state index contributed by atoms with van der Waals surface area (Å²) in [6.45, 7) is 10.5. The van der Waals surface area contributed by atoms with Gasteiger partial charge in [-0.2, -0.15) is 0 Å². The van der Waals surface area contributed by atoms with E-state index in [1.807, 2.05) is 52.0 Å². The SMILES string of the molecule is CCOc1cccc([SiH](O[SiH](c2cccc(OCC)c2)c2cccc(OCC)c2)c2cccc(OCC)c2)c1. The number of hydrogen-bond donors (Lipinski definition) is 0. The first-order chi connectivity index (χ1) is 19.1. The van der Waals surface area contributed by atoms with Crippen molar-refractivity contribution < 1.29 is 23.1 Å². The lowest BCUT2D eigenvalue weighted by molar-refractivity contribution is 0.340. The van der Waals surface area contributed by atoms with Crippen molar-refractivity contribution in [2.75, 3.05) is 26.4 Å². The van der Waals surface area contributed by atoms with E-state index in [0.717, 1.165) is 43.7 Å². The molecule has 0 aliphatic rings. The Morgan fingerprint density at radius 2 is 0.667 bits per heavy atom. The average Bonchev–Trinajstić information content (AvgIpc) is 2.95. The monoisotopic (exact) mass is 558 g/mol. The van der Waals surface area contributed by atoms with Crippen LogP contribution < -0.4 is 39.7 Å². The van der Waals surface area contributed by atoms with E-state index in [2.05, 4.69) is 72.8 Å². The first-order valence-corrected chi connectivity index (χ1v) is 17.0. The number of ether oxygens (including phenoxy) is 4. The van der Waals surface area contributed by atoms with Crippen LogP contribution in [0.3, 0.4) is 0 Å². The smallest absolute Gasteiger partial charge is 0.229 e. The minimum atomic E-state index is -2.20. The number of rotatable bonds is 14. The van der Waals surface area contributed by atoms with Crippen LogP contribution >= 0.6 is 0 Å². The molecule has 0 aliphatic heterocycles. The fourth-order valence-corrected chi connectivity index (χ4v) is 11.4. The highest BCUT2D eigenvalue weighted by molar-refractivity contribution is 6.91. The molecule has 4 aromatic carbocycles. The van der Waals surface area contributed by atoms with Crippen LogP contribution in [0.25, 0.3) is 0 Å². The fourth-order valence-electron chi connectivity index (χ4n) is 4.57. The molecule has 0 aliphatic carbocycles. The third-order valence-electron chi connectivity index (χ3n) is 6.16. The molecule has 0 unspecified atom stereocenters. The molecule has 0 bridgehead atoms. The molecule has 0 spiro atoms. The van der Waals surface area contributed by atoms with Crippen LogP contribution in [0, 0.1) is 0 Å². The zero-order valence-corrected chi connectivity index (χ0v) is 25.6. The van der Waals surface area contributed by atoms with Crippen molar-refractivity contribution in [1.82, 2.24) is 0 Å². The summed E-state index contributed by atoms with van der Waals surface area (Å²) in [5.74, 6) is 3.41. The summed E-state index contributed by atoms with van der Waals surface area (Å²) in [5.41, 5.74) is 0. The summed E-state index contributed by atoms with van der Waals surface area (Å²) in [6, 6.07) is 33.4. The molecule has 0 N–H and O–H groups in total. The van der Waals surface area contributed by atoms with Crippen LogP contribution in [0.5, 0.6) is 23.0 Å². The van der Waals surface area contributed by atoms with E-state index in [1.165, 1.54) is 0 Å². The van der Waals surface area contributed by atoms with Gasteiger partial charge in [-0.25, -0.2) is 0 Å². The Bertz CT molecular complexity index is 1130. The highest BCUT2D eigenvalue weighted by atomic mass is 28.4. The first-order valence-electron chi connectivity index (χ1n) is 13.7. The highest BCUT2D eigenvalue weighted by Gasteiger charge is 2.28. The van der Waals surface area contributed by atoms with Crippen LogP contribution in [0.4, 0.5) is 0 Å². The Labute approximate surface area is 235 Å². The van der Waals surface area contributed by atoms with E-state index in [0.29, 0.717) is 26.4 Å². The Hall–Kier alpha value is -3.53. The molecule has 39 heavy (non-hydrogen) atoms. The summed E-state index contributed by atoms with van der Waals surface area (Å²) in [7, 11) is -4.40. The molecule has 0 fully saturated rings. The third kappa shape index (κ3) is 7.75. The van der Waals surface area contributed by atoms with Crippen LogP contribution in [0.1, 0.15) is 27.7 Å². The molecule has 0 radical (unpaired) electrons. The van der Waals surface area contributed by atoms with Gasteiger partial charge in [0.2, 0.25) is 18.1 Å². The number of hydrogen-bond acceptors (Lipinski definition) is 5. The second kappa shape index (κ2) is 14.6. The zero-order chi connectivity index (χ0) is 27.5. The molecule has 4 rings (SSSR count). The lowest BCUT2D eigenvalue weighted by atomic mass is 10.3. The Morgan fingerprint density at radius 1 is 0.410 bits per heavy atom. The molecule has 4 aromatic rings. The second-order valence-corrected chi connectivity index (χ2v) is 14.2. The third-order valence-corrected chi connectivity index (χ3v) is 12.2. The summed E-state index contributed by atoms with van der Waals surface area (Å²) < 4.78 is 30.9. The quantitative estimate of drug-likeness (QED) is 0.221. The van der Waals surface area contributed by atoms with E-state index >= 15 is 0 Å². The van der Waals surface area contributed by atoms with Crippen LogP contribution in [-0.2, 0) is 4.12 Å². The summed E-state index contributed by atoms with van der Waals surface area (Å²) in [5, 5.41) is 4.64. The minimum absolute atomic E-state index is 0.613. The molecular weight excluding hydrogens is 521 g/mol. The lowest BCUT2D eigenvalue weighted by Crippen LogP contribution is -2.56. The summed E-state index contributed by atoms with van der Waals surface area (Å²) >= 11 is 0. The normalized spacial score (nSPS) is 11.0. The molecule has 0 amide bonds. The Balaban J connectivity index is 1.84. The van der Waals surface area contributed by atoms with Crippen molar-refractivity contribution in [3.63, 3.8) is 0 Å². The molecular formula is C32H38O5Si2. The predicted octanol–water partition coefficient (Wildman–Crippen LogP) is 3.67. The molecule has 7 heteroatoms. The zero-order valence-electron chi connectivity index (χ0n) is 23.3. The minimum Gasteiger partial charge on any atom is -0.494 e. The van der Waals surface area contributed by atoms with Gasteiger partial charge in [0.25, 0.3) is 0 Å². The molecule has 0 aromatic heterocycles. The van der Waals surface area contributed by atoms with Crippen molar-refractivity contribution >= 4 is 38.8 Å². The van der Waals surface area contributed by atoms with Gasteiger partial charge in [0.1, 0.15) is 23.0 Å². The van der Waals surface area contributed by atoms with Crippen LogP contribution in [0.2, 0.25) is 0 Å². The average molecular weight is 559 g/mol. The van der Waals surface area contributed by atoms with Gasteiger partial charge in [0, 0.05) is 0 Å². The predicted molar refractivity (Wildman–Crippen MR) is 164 cm³/mol. The van der Waals surface area contributed by atoms with E-state index in [9.17, 15) is 0 Å². The van der Waals surface area contributed by atoms with Gasteiger partial charge >= 0.3 is 0 Å². The van der Waals surface area contributed by atoms with Crippen LogP contribution in [-0.4, -0.2) is 44.5 Å². The first kappa shape index (κ1) is 28.5. The van der Waals surface area contributed by atoms with Gasteiger partial charge in [-0.3, -0.25) is 0 Å². The van der Waals surface area contributed by atoms with Gasteiger partial charge in [-0.05, 0) is 97.0 Å². The highest BCUT2D eigenvalue weighted by Crippen LogP contribution is 2.15. The standard InChI is InChI=1S/C32H38O5Si2/c1-5-33-25-13-9-17-29(21-25)38(30-18-10-14-26(22-30)34-6-2)37-39(31-19-11-15-27(23-31)35-7-3)32-20-12-16-28(24-32)36-8-4/h9-24,38-39H,5-8H2,1-4H3. The largest absolute Gasteiger partial charge is 0.494 e. The molecule has 0 heterocycles. The molecule has 0 saturated heterocycles. The molecule has 204 valence electrons. The second-order valence-electron chi connectivity index (χ2n) is 8.92. The lowest BCUT2D eigenvalue weighted by Gasteiger charge is -2.26. The van der Waals surface area contributed by atoms with Gasteiger partial charge in [-0.1, -0.05) is 48.5 Å². The van der Waals surface area contributed by atoms with Gasteiger partial charge in [0.15, 0.2) is 0 Å². The molecule has 5 nitrogen and oxygen atoms in total. The van der Waals surface area contributed by atoms with E-state index in [-0.39, 0.29) is 0 Å². The molecule has 0 saturated carbocycles. The van der Waals surface area contributed by atoms with Crippen LogP contribution in [0.15, 0.2) is 97.1 Å². The Morgan fingerprint density at radius 3 is 0.897 bits per heavy atom. The van der Waals surface area contributed by atoms with Gasteiger partial charge in [0.05, 0.1) is 26.4 Å². The number of benzene rings is 4. The fraction of sp³-hybridized carbons (Fsp3) is 0.250. The van der Waals surface area contributed by atoms with E-state index < -0.39 is 18.1 Å². The van der Waals surface area contributed by atoms with Gasteiger partial charge < -0.3 is 23.1 Å². The summed E-state index contributed by atoms with van der Waals surface area (Å²) in [4.78, 5) is 0. The van der Waals surface area contributed by atoms with E-state index in [1.54, 1.807) is 0 Å². The van der Waals surface area contributed by atoms with E-state index in [4.69, 9.17) is 23.1 Å². The maximum atomic E-state index is 7.38. The van der Waals surface area contributed by atoms with Crippen molar-refractivity contribution in [2.24, 2.45) is 0 Å². The van der Waals surface area contributed by atoms with Gasteiger partial charge in [-0.15, -0.1) is 0 Å². The summed E-state index contributed by atoms with van der Waals surface area (Å²) in [6.07, 6.45) is 0. The molecule has 0 atom stereocenters. The topological polar surface area (TPSA) is 46.2 Å².